The average molecular weight is 346 g/mol. The van der Waals surface area contributed by atoms with E-state index in [0.717, 1.165) is 24.3 Å². The maximum Gasteiger partial charge on any atom is 0.115 e. The van der Waals surface area contributed by atoms with E-state index in [-0.39, 0.29) is 0 Å². The molecule has 0 saturated heterocycles. The van der Waals surface area contributed by atoms with Gasteiger partial charge in [-0.05, 0) is 40.6 Å². The van der Waals surface area contributed by atoms with Gasteiger partial charge in [-0.15, -0.1) is 11.3 Å². The molecule has 0 fully saturated rings. The number of benzene rings is 2. The van der Waals surface area contributed by atoms with E-state index in [2.05, 4.69) is 84.5 Å². The van der Waals surface area contributed by atoms with Gasteiger partial charge in [0.1, 0.15) is 5.82 Å². The van der Waals surface area contributed by atoms with Gasteiger partial charge in [0.25, 0.3) is 0 Å². The standard InChI is InChI=1S/C22H22N2S/c1-16(2)18-11-9-17(10-12-18)15-24-21-8-4-3-7-20(21)23-22(24)14-19-6-5-13-25-19/h3-13,16H,14-15H2,1-2H3. The van der Waals surface area contributed by atoms with Gasteiger partial charge < -0.3 is 4.57 Å². The fraction of sp³-hybridized carbons (Fsp3) is 0.227. The van der Waals surface area contributed by atoms with Crippen LogP contribution in [-0.2, 0) is 13.0 Å². The molecule has 3 heteroatoms. The first-order valence-electron chi connectivity index (χ1n) is 8.76. The van der Waals surface area contributed by atoms with Crippen molar-refractivity contribution in [3.05, 3.63) is 87.9 Å². The third-order valence-corrected chi connectivity index (χ3v) is 5.51. The van der Waals surface area contributed by atoms with Gasteiger partial charge in [-0.3, -0.25) is 0 Å². The summed E-state index contributed by atoms with van der Waals surface area (Å²) >= 11 is 1.79. The van der Waals surface area contributed by atoms with Gasteiger partial charge in [0.15, 0.2) is 0 Å². The minimum atomic E-state index is 0.567. The summed E-state index contributed by atoms with van der Waals surface area (Å²) in [7, 11) is 0. The first kappa shape index (κ1) is 16.1. The van der Waals surface area contributed by atoms with Gasteiger partial charge in [0, 0.05) is 17.8 Å². The van der Waals surface area contributed by atoms with Crippen LogP contribution in [0.2, 0.25) is 0 Å². The molecular weight excluding hydrogens is 324 g/mol. The van der Waals surface area contributed by atoms with Crippen molar-refractivity contribution in [2.45, 2.75) is 32.7 Å². The SMILES string of the molecule is CC(C)c1ccc(Cn2c(Cc3cccs3)nc3ccccc32)cc1. The van der Waals surface area contributed by atoms with Crippen LogP contribution in [0.1, 0.15) is 41.6 Å². The van der Waals surface area contributed by atoms with Gasteiger partial charge in [-0.2, -0.15) is 0 Å². The quantitative estimate of drug-likeness (QED) is 0.442. The van der Waals surface area contributed by atoms with E-state index in [4.69, 9.17) is 4.98 Å². The Morgan fingerprint density at radius 3 is 2.48 bits per heavy atom. The molecule has 0 unspecified atom stereocenters. The highest BCUT2D eigenvalue weighted by Gasteiger charge is 2.12. The van der Waals surface area contributed by atoms with E-state index >= 15 is 0 Å². The van der Waals surface area contributed by atoms with E-state index in [1.54, 1.807) is 11.3 Å². The zero-order valence-electron chi connectivity index (χ0n) is 14.6. The van der Waals surface area contributed by atoms with E-state index in [9.17, 15) is 0 Å². The van der Waals surface area contributed by atoms with Crippen molar-refractivity contribution in [2.75, 3.05) is 0 Å². The number of hydrogen-bond acceptors (Lipinski definition) is 2. The minimum absolute atomic E-state index is 0.567. The molecule has 0 bridgehead atoms. The van der Waals surface area contributed by atoms with E-state index in [1.807, 2.05) is 0 Å². The molecule has 0 aliphatic carbocycles. The fourth-order valence-electron chi connectivity index (χ4n) is 3.20. The maximum absolute atomic E-state index is 4.90. The smallest absolute Gasteiger partial charge is 0.115 e. The summed E-state index contributed by atoms with van der Waals surface area (Å²) in [6, 6.07) is 21.7. The summed E-state index contributed by atoms with van der Waals surface area (Å²) in [5, 5.41) is 2.13. The van der Waals surface area contributed by atoms with Crippen molar-refractivity contribution in [2.24, 2.45) is 0 Å². The average Bonchev–Trinajstić information content (AvgIpc) is 3.24. The Kier molecular flexibility index (Phi) is 4.41. The van der Waals surface area contributed by atoms with E-state index in [1.165, 1.54) is 21.5 Å². The highest BCUT2D eigenvalue weighted by molar-refractivity contribution is 7.09. The Labute approximate surface area is 152 Å². The highest BCUT2D eigenvalue weighted by Crippen LogP contribution is 2.22. The topological polar surface area (TPSA) is 17.8 Å². The van der Waals surface area contributed by atoms with Crippen LogP contribution >= 0.6 is 11.3 Å². The molecule has 4 rings (SSSR count). The van der Waals surface area contributed by atoms with Crippen molar-refractivity contribution in [1.82, 2.24) is 9.55 Å². The zero-order chi connectivity index (χ0) is 17.2. The number of imidazole rings is 1. The van der Waals surface area contributed by atoms with Crippen molar-refractivity contribution in [1.29, 1.82) is 0 Å². The normalized spacial score (nSPS) is 11.5. The fourth-order valence-corrected chi connectivity index (χ4v) is 3.90. The molecule has 0 aliphatic heterocycles. The minimum Gasteiger partial charge on any atom is -0.323 e. The molecule has 0 aliphatic rings. The Morgan fingerprint density at radius 2 is 1.76 bits per heavy atom. The Hall–Kier alpha value is -2.39. The Bertz CT molecular complexity index is 963. The Morgan fingerprint density at radius 1 is 0.960 bits per heavy atom. The van der Waals surface area contributed by atoms with Crippen LogP contribution in [0.3, 0.4) is 0 Å². The molecule has 2 nitrogen and oxygen atoms in total. The Balaban J connectivity index is 1.71. The number of hydrogen-bond donors (Lipinski definition) is 0. The largest absolute Gasteiger partial charge is 0.323 e. The molecule has 0 amide bonds. The predicted molar refractivity (Wildman–Crippen MR) is 106 cm³/mol. The van der Waals surface area contributed by atoms with Gasteiger partial charge in [0.2, 0.25) is 0 Å². The lowest BCUT2D eigenvalue weighted by Crippen LogP contribution is -2.05. The molecule has 126 valence electrons. The number of rotatable bonds is 5. The van der Waals surface area contributed by atoms with Crippen LogP contribution in [0.25, 0.3) is 11.0 Å². The van der Waals surface area contributed by atoms with Crippen molar-refractivity contribution < 1.29 is 0 Å². The molecule has 2 aromatic carbocycles. The summed E-state index contributed by atoms with van der Waals surface area (Å²) in [6.07, 6.45) is 0.885. The molecule has 0 spiro atoms. The molecular formula is C22H22N2S. The first-order valence-corrected chi connectivity index (χ1v) is 9.64. The van der Waals surface area contributed by atoms with Crippen molar-refractivity contribution >= 4 is 22.4 Å². The first-order chi connectivity index (χ1) is 12.2. The van der Waals surface area contributed by atoms with Crippen molar-refractivity contribution in [3.63, 3.8) is 0 Å². The number of fused-ring (bicyclic) bond motifs is 1. The van der Waals surface area contributed by atoms with Crippen LogP contribution in [-0.4, -0.2) is 9.55 Å². The molecule has 25 heavy (non-hydrogen) atoms. The second kappa shape index (κ2) is 6.85. The molecule has 0 radical (unpaired) electrons. The number of para-hydroxylation sites is 2. The predicted octanol–water partition coefficient (Wildman–Crippen LogP) is 5.86. The lowest BCUT2D eigenvalue weighted by Gasteiger charge is -2.11. The summed E-state index contributed by atoms with van der Waals surface area (Å²) in [4.78, 5) is 6.25. The number of nitrogens with zero attached hydrogens (tertiary/aromatic N) is 2. The lowest BCUT2D eigenvalue weighted by atomic mass is 10.0. The third kappa shape index (κ3) is 3.38. The summed E-state index contributed by atoms with van der Waals surface area (Å²) in [5.74, 6) is 1.70. The van der Waals surface area contributed by atoms with Gasteiger partial charge >= 0.3 is 0 Å². The van der Waals surface area contributed by atoms with Crippen LogP contribution in [0.15, 0.2) is 66.0 Å². The van der Waals surface area contributed by atoms with Crippen molar-refractivity contribution in [3.8, 4) is 0 Å². The maximum atomic E-state index is 4.90. The second-order valence-electron chi connectivity index (χ2n) is 6.76. The zero-order valence-corrected chi connectivity index (χ0v) is 15.5. The number of thiophene rings is 1. The van der Waals surface area contributed by atoms with Crippen LogP contribution < -0.4 is 0 Å². The molecule has 2 heterocycles. The van der Waals surface area contributed by atoms with Gasteiger partial charge in [0.05, 0.1) is 11.0 Å². The summed E-state index contributed by atoms with van der Waals surface area (Å²) < 4.78 is 2.36. The second-order valence-corrected chi connectivity index (χ2v) is 7.79. The molecule has 0 saturated carbocycles. The molecule has 0 atom stereocenters. The summed E-state index contributed by atoms with van der Waals surface area (Å²) in [5.41, 5.74) is 4.99. The monoisotopic (exact) mass is 346 g/mol. The third-order valence-electron chi connectivity index (χ3n) is 4.63. The highest BCUT2D eigenvalue weighted by atomic mass is 32.1. The number of aromatic nitrogens is 2. The summed E-state index contributed by atoms with van der Waals surface area (Å²) in [6.45, 7) is 5.33. The van der Waals surface area contributed by atoms with E-state index < -0.39 is 0 Å². The molecule has 0 N–H and O–H groups in total. The molecule has 2 aromatic heterocycles. The van der Waals surface area contributed by atoms with Crippen LogP contribution in [0, 0.1) is 0 Å². The van der Waals surface area contributed by atoms with Crippen LogP contribution in [0.5, 0.6) is 0 Å². The van der Waals surface area contributed by atoms with E-state index in [0.29, 0.717) is 5.92 Å². The molecule has 4 aromatic rings. The van der Waals surface area contributed by atoms with Gasteiger partial charge in [-0.25, -0.2) is 4.98 Å². The van der Waals surface area contributed by atoms with Gasteiger partial charge in [-0.1, -0.05) is 56.3 Å². The van der Waals surface area contributed by atoms with Crippen LogP contribution in [0.4, 0.5) is 0 Å². The lowest BCUT2D eigenvalue weighted by molar-refractivity contribution is 0.763.